The van der Waals surface area contributed by atoms with Gasteiger partial charge in [0.1, 0.15) is 0 Å². The Hall–Kier alpha value is -8.20. The zero-order chi connectivity index (χ0) is 41.4. The Kier molecular flexibility index (Phi) is 8.01. The molecule has 12 aromatic rings. The summed E-state index contributed by atoms with van der Waals surface area (Å²) in [6.45, 7) is 0. The van der Waals surface area contributed by atoms with Crippen LogP contribution in [0.4, 0.5) is 0 Å². The average Bonchev–Trinajstić information content (AvgIpc) is 4.00. The van der Waals surface area contributed by atoms with Crippen molar-refractivity contribution in [1.29, 1.82) is 0 Å². The van der Waals surface area contributed by atoms with Crippen molar-refractivity contribution in [2.75, 3.05) is 0 Å². The summed E-state index contributed by atoms with van der Waals surface area (Å²) >= 11 is 0. The Morgan fingerprint density at radius 1 is 0.286 bits per heavy atom. The highest BCUT2D eigenvalue weighted by Crippen LogP contribution is 2.53. The van der Waals surface area contributed by atoms with Gasteiger partial charge in [0.05, 0.1) is 22.1 Å². The number of nitrogens with zero attached hydrogens (tertiary/aromatic N) is 2. The van der Waals surface area contributed by atoms with E-state index in [9.17, 15) is 0 Å². The predicted octanol–water partition coefficient (Wildman–Crippen LogP) is 16.0. The van der Waals surface area contributed by atoms with Crippen molar-refractivity contribution in [3.8, 4) is 55.9 Å². The van der Waals surface area contributed by atoms with Gasteiger partial charge >= 0.3 is 0 Å². The Labute approximate surface area is 366 Å². The van der Waals surface area contributed by atoms with Crippen molar-refractivity contribution in [2.45, 2.75) is 5.92 Å². The Bertz CT molecular complexity index is 3710. The third kappa shape index (κ3) is 5.58. The van der Waals surface area contributed by atoms with Gasteiger partial charge in [-0.1, -0.05) is 182 Å². The second-order valence-electron chi connectivity index (χ2n) is 16.8. The first-order chi connectivity index (χ1) is 31.3. The van der Waals surface area contributed by atoms with Gasteiger partial charge in [-0.3, -0.25) is 0 Å². The van der Waals surface area contributed by atoms with Crippen molar-refractivity contribution in [1.82, 2.24) is 9.13 Å². The molecule has 10 aromatic carbocycles. The highest BCUT2D eigenvalue weighted by molar-refractivity contribution is 6.15. The zero-order valence-electron chi connectivity index (χ0n) is 34.5. The van der Waals surface area contributed by atoms with Gasteiger partial charge in [-0.15, -0.1) is 0 Å². The van der Waals surface area contributed by atoms with Gasteiger partial charge in [0, 0.05) is 38.8 Å². The molecule has 2 heteroatoms. The Morgan fingerprint density at radius 2 is 0.825 bits per heavy atom. The number of rotatable bonds is 6. The van der Waals surface area contributed by atoms with Crippen LogP contribution < -0.4 is 0 Å². The van der Waals surface area contributed by atoms with Crippen molar-refractivity contribution >= 4 is 43.6 Å². The topological polar surface area (TPSA) is 9.86 Å². The summed E-state index contributed by atoms with van der Waals surface area (Å²) in [6, 6.07) is 87.1. The van der Waals surface area contributed by atoms with Crippen molar-refractivity contribution in [3.05, 3.63) is 253 Å². The van der Waals surface area contributed by atoms with E-state index >= 15 is 0 Å². The van der Waals surface area contributed by atoms with Crippen LogP contribution in [-0.4, -0.2) is 9.13 Å². The second kappa shape index (κ2) is 14.2. The molecule has 13 rings (SSSR count). The van der Waals surface area contributed by atoms with E-state index in [-0.39, 0.29) is 5.92 Å². The summed E-state index contributed by atoms with van der Waals surface area (Å²) < 4.78 is 4.95. The first-order valence-corrected chi connectivity index (χ1v) is 21.9. The first-order valence-electron chi connectivity index (χ1n) is 21.9. The molecule has 0 spiro atoms. The maximum absolute atomic E-state index is 2.53. The number of para-hydroxylation sites is 1. The van der Waals surface area contributed by atoms with Crippen LogP contribution in [0.1, 0.15) is 22.6 Å². The van der Waals surface area contributed by atoms with Crippen molar-refractivity contribution in [2.24, 2.45) is 0 Å². The van der Waals surface area contributed by atoms with E-state index in [0.717, 1.165) is 11.4 Å². The molecular formula is C61H40N2. The minimum atomic E-state index is 0.111. The van der Waals surface area contributed by atoms with Crippen LogP contribution in [-0.2, 0) is 0 Å². The smallest absolute Gasteiger partial charge is 0.0588 e. The molecule has 2 nitrogen and oxygen atoms in total. The molecule has 0 amide bonds. The predicted molar refractivity (Wildman–Crippen MR) is 264 cm³/mol. The third-order valence-electron chi connectivity index (χ3n) is 13.4. The molecule has 0 N–H and O–H groups in total. The lowest BCUT2D eigenvalue weighted by Gasteiger charge is -2.18. The minimum absolute atomic E-state index is 0.111. The van der Waals surface area contributed by atoms with Gasteiger partial charge in [0.2, 0.25) is 0 Å². The summed E-state index contributed by atoms with van der Waals surface area (Å²) in [4.78, 5) is 0. The molecule has 1 unspecified atom stereocenters. The monoisotopic (exact) mass is 800 g/mol. The summed E-state index contributed by atoms with van der Waals surface area (Å²) in [5.74, 6) is 0.111. The molecule has 0 fully saturated rings. The number of hydrogen-bond acceptors (Lipinski definition) is 0. The fourth-order valence-corrected chi connectivity index (χ4v) is 10.6. The van der Waals surface area contributed by atoms with E-state index in [4.69, 9.17) is 0 Å². The van der Waals surface area contributed by atoms with E-state index in [1.54, 1.807) is 0 Å². The third-order valence-corrected chi connectivity index (χ3v) is 13.4. The van der Waals surface area contributed by atoms with Gasteiger partial charge in [-0.25, -0.2) is 0 Å². The molecule has 2 heterocycles. The number of benzene rings is 10. The van der Waals surface area contributed by atoms with Gasteiger partial charge in [-0.2, -0.15) is 0 Å². The molecular weight excluding hydrogens is 761 g/mol. The molecule has 0 aliphatic heterocycles. The SMILES string of the molecule is c1ccc(-c2ccc(-n3c4ccc(-c5ccc6c(c5)c5ccccc5n6-c5cccc(-c6ccccc6)c5)cc4c4ccc5c(c43)C(c3ccccc3)c3ccccc3-5)cc2)cc1. The molecule has 0 saturated heterocycles. The largest absolute Gasteiger partial charge is 0.309 e. The maximum Gasteiger partial charge on any atom is 0.0588 e. The van der Waals surface area contributed by atoms with Gasteiger partial charge < -0.3 is 9.13 Å². The van der Waals surface area contributed by atoms with Crippen LogP contribution in [0.15, 0.2) is 237 Å². The standard InChI is InChI=1S/C61H40N2/c1-4-15-40(16-5-1)42-27-31-47(32-28-42)63-58-36-30-46(39-55(58)53-34-33-52-49-23-10-11-25-51(49)59(60(52)61(53)63)43-19-8-3-9-20-43)45-29-35-57-54(38-45)50-24-12-13-26-56(50)62(57)48-22-14-21-44(37-48)41-17-6-2-7-18-41/h1-39,59H. The second-order valence-corrected chi connectivity index (χ2v) is 16.8. The van der Waals surface area contributed by atoms with Gasteiger partial charge in [0.25, 0.3) is 0 Å². The molecule has 0 radical (unpaired) electrons. The van der Waals surface area contributed by atoms with E-state index in [1.807, 2.05) is 0 Å². The van der Waals surface area contributed by atoms with Gasteiger partial charge in [-0.05, 0) is 116 Å². The summed E-state index contributed by atoms with van der Waals surface area (Å²) in [7, 11) is 0. The van der Waals surface area contributed by atoms with Crippen LogP contribution in [0.2, 0.25) is 0 Å². The zero-order valence-corrected chi connectivity index (χ0v) is 34.5. The molecule has 1 aliphatic carbocycles. The Morgan fingerprint density at radius 3 is 1.57 bits per heavy atom. The molecule has 294 valence electrons. The molecule has 0 saturated carbocycles. The molecule has 63 heavy (non-hydrogen) atoms. The normalized spacial score (nSPS) is 13.2. The lowest BCUT2D eigenvalue weighted by molar-refractivity contribution is 1.01. The van der Waals surface area contributed by atoms with Crippen LogP contribution in [0.3, 0.4) is 0 Å². The highest BCUT2D eigenvalue weighted by Gasteiger charge is 2.33. The number of hydrogen-bond donors (Lipinski definition) is 0. The Balaban J connectivity index is 1.02. The summed E-state index contributed by atoms with van der Waals surface area (Å²) in [6.07, 6.45) is 0. The quantitative estimate of drug-likeness (QED) is 0.159. The molecule has 0 bridgehead atoms. The van der Waals surface area contributed by atoms with Crippen LogP contribution >= 0.6 is 0 Å². The van der Waals surface area contributed by atoms with E-state index < -0.39 is 0 Å². The average molecular weight is 801 g/mol. The molecule has 2 aromatic heterocycles. The van der Waals surface area contributed by atoms with Crippen LogP contribution in [0.5, 0.6) is 0 Å². The lowest BCUT2D eigenvalue weighted by atomic mass is 9.88. The van der Waals surface area contributed by atoms with E-state index in [0.29, 0.717) is 0 Å². The lowest BCUT2D eigenvalue weighted by Crippen LogP contribution is -2.03. The fraction of sp³-hybridized carbons (Fsp3) is 0.0164. The van der Waals surface area contributed by atoms with Crippen molar-refractivity contribution in [3.63, 3.8) is 0 Å². The highest BCUT2D eigenvalue weighted by atomic mass is 15.0. The van der Waals surface area contributed by atoms with E-state index in [1.165, 1.54) is 105 Å². The van der Waals surface area contributed by atoms with Crippen LogP contribution in [0.25, 0.3) is 99.5 Å². The number of fused-ring (bicyclic) bond motifs is 10. The minimum Gasteiger partial charge on any atom is -0.309 e. The maximum atomic E-state index is 2.53. The van der Waals surface area contributed by atoms with Crippen LogP contribution in [0, 0.1) is 0 Å². The fourth-order valence-electron chi connectivity index (χ4n) is 10.6. The molecule has 1 aliphatic rings. The summed E-state index contributed by atoms with van der Waals surface area (Å²) in [5, 5.41) is 5.01. The van der Waals surface area contributed by atoms with E-state index in [2.05, 4.69) is 246 Å². The summed E-state index contributed by atoms with van der Waals surface area (Å²) in [5.41, 5.74) is 21.1. The number of aromatic nitrogens is 2. The van der Waals surface area contributed by atoms with Crippen molar-refractivity contribution < 1.29 is 0 Å². The first kappa shape index (κ1) is 35.5. The molecule has 1 atom stereocenters. The van der Waals surface area contributed by atoms with Gasteiger partial charge in [0.15, 0.2) is 0 Å².